The summed E-state index contributed by atoms with van der Waals surface area (Å²) in [6.07, 6.45) is 2.70. The molecule has 0 aliphatic heterocycles. The normalized spacial score (nSPS) is 9.94. The first-order valence-corrected chi connectivity index (χ1v) is 6.05. The molecule has 0 aliphatic rings. The minimum Gasteiger partial charge on any atom is -0.360 e. The van der Waals surface area contributed by atoms with Crippen LogP contribution in [0.2, 0.25) is 0 Å². The number of amides is 1. The van der Waals surface area contributed by atoms with Gasteiger partial charge in [0.2, 0.25) is 5.91 Å². The molecular weight excluding hydrogens is 270 g/mol. The molecule has 0 radical (unpaired) electrons. The molecule has 0 aromatic carbocycles. The van der Waals surface area contributed by atoms with Gasteiger partial charge in [-0.15, -0.1) is 0 Å². The van der Waals surface area contributed by atoms with Gasteiger partial charge in [-0.2, -0.15) is 0 Å². The Morgan fingerprint density at radius 1 is 1.56 bits per heavy atom. The van der Waals surface area contributed by atoms with E-state index in [1.54, 1.807) is 6.20 Å². The molecule has 0 spiro atoms. The minimum absolute atomic E-state index is 0.0175. The van der Waals surface area contributed by atoms with Crippen LogP contribution in [0.15, 0.2) is 16.7 Å². The SMILES string of the molecule is CCCNC(=O)CNc1ncc(C)cc1Br. The topological polar surface area (TPSA) is 54.0 Å². The fourth-order valence-electron chi connectivity index (χ4n) is 1.15. The van der Waals surface area contributed by atoms with Crippen molar-refractivity contribution in [3.63, 3.8) is 0 Å². The summed E-state index contributed by atoms with van der Waals surface area (Å²) < 4.78 is 0.871. The van der Waals surface area contributed by atoms with E-state index in [9.17, 15) is 4.79 Å². The summed E-state index contributed by atoms with van der Waals surface area (Å²) in [5, 5.41) is 5.77. The molecule has 0 unspecified atom stereocenters. The maximum atomic E-state index is 11.3. The Labute approximate surface area is 104 Å². The Balaban J connectivity index is 2.45. The number of pyridine rings is 1. The Morgan fingerprint density at radius 3 is 2.94 bits per heavy atom. The lowest BCUT2D eigenvalue weighted by atomic mass is 10.3. The van der Waals surface area contributed by atoms with E-state index in [0.29, 0.717) is 12.4 Å². The molecule has 2 N–H and O–H groups in total. The van der Waals surface area contributed by atoms with Crippen molar-refractivity contribution in [1.29, 1.82) is 0 Å². The molecule has 88 valence electrons. The summed E-state index contributed by atoms with van der Waals surface area (Å²) >= 11 is 3.39. The van der Waals surface area contributed by atoms with Gasteiger partial charge in [0.25, 0.3) is 0 Å². The number of anilines is 1. The van der Waals surface area contributed by atoms with Crippen LogP contribution in [0.1, 0.15) is 18.9 Å². The number of rotatable bonds is 5. The number of hydrogen-bond acceptors (Lipinski definition) is 3. The predicted octanol–water partition coefficient (Wildman–Crippen LogP) is 2.09. The Hall–Kier alpha value is -1.10. The number of halogens is 1. The first-order valence-electron chi connectivity index (χ1n) is 5.26. The van der Waals surface area contributed by atoms with Crippen LogP contribution in [0.4, 0.5) is 5.82 Å². The highest BCUT2D eigenvalue weighted by atomic mass is 79.9. The van der Waals surface area contributed by atoms with Crippen molar-refractivity contribution in [2.45, 2.75) is 20.3 Å². The third-order valence-electron chi connectivity index (χ3n) is 1.97. The van der Waals surface area contributed by atoms with Gasteiger partial charge in [0.15, 0.2) is 0 Å². The zero-order chi connectivity index (χ0) is 12.0. The molecule has 1 amide bonds. The highest BCUT2D eigenvalue weighted by Gasteiger charge is 2.04. The fourth-order valence-corrected chi connectivity index (χ4v) is 1.76. The third-order valence-corrected chi connectivity index (χ3v) is 2.57. The van der Waals surface area contributed by atoms with Gasteiger partial charge in [-0.3, -0.25) is 4.79 Å². The van der Waals surface area contributed by atoms with Gasteiger partial charge in [0.1, 0.15) is 5.82 Å². The van der Waals surface area contributed by atoms with Crippen LogP contribution in [0.3, 0.4) is 0 Å². The minimum atomic E-state index is -0.0175. The number of nitrogens with zero attached hydrogens (tertiary/aromatic N) is 1. The van der Waals surface area contributed by atoms with Gasteiger partial charge in [0.05, 0.1) is 11.0 Å². The van der Waals surface area contributed by atoms with Gasteiger partial charge >= 0.3 is 0 Å². The molecule has 1 rings (SSSR count). The average Bonchev–Trinajstić information content (AvgIpc) is 2.25. The second kappa shape index (κ2) is 6.48. The second-order valence-electron chi connectivity index (χ2n) is 3.55. The number of carbonyl (C=O) groups excluding carboxylic acids is 1. The van der Waals surface area contributed by atoms with Gasteiger partial charge in [-0.1, -0.05) is 6.92 Å². The molecule has 1 aromatic rings. The van der Waals surface area contributed by atoms with E-state index in [4.69, 9.17) is 0 Å². The molecule has 16 heavy (non-hydrogen) atoms. The van der Waals surface area contributed by atoms with Crippen molar-refractivity contribution in [2.75, 3.05) is 18.4 Å². The molecule has 0 saturated carbocycles. The van der Waals surface area contributed by atoms with E-state index < -0.39 is 0 Å². The highest BCUT2D eigenvalue weighted by Crippen LogP contribution is 2.19. The van der Waals surface area contributed by atoms with E-state index in [2.05, 4.69) is 31.5 Å². The summed E-state index contributed by atoms with van der Waals surface area (Å²) in [7, 11) is 0. The zero-order valence-electron chi connectivity index (χ0n) is 9.51. The maximum absolute atomic E-state index is 11.3. The molecule has 4 nitrogen and oxygen atoms in total. The number of aromatic nitrogens is 1. The standard InChI is InChI=1S/C11H16BrN3O/c1-3-4-13-10(16)7-15-11-9(12)5-8(2)6-14-11/h5-6H,3-4,7H2,1-2H3,(H,13,16)(H,14,15). The van der Waals surface area contributed by atoms with Crippen molar-refractivity contribution >= 4 is 27.7 Å². The first-order chi connectivity index (χ1) is 7.63. The summed E-state index contributed by atoms with van der Waals surface area (Å²) in [6.45, 7) is 4.94. The molecule has 0 aliphatic carbocycles. The number of aryl methyl sites for hydroxylation is 1. The van der Waals surface area contributed by atoms with Crippen molar-refractivity contribution < 1.29 is 4.79 Å². The van der Waals surface area contributed by atoms with Crippen molar-refractivity contribution in [1.82, 2.24) is 10.3 Å². The third kappa shape index (κ3) is 4.18. The van der Waals surface area contributed by atoms with Gasteiger partial charge in [-0.25, -0.2) is 4.98 Å². The number of nitrogens with one attached hydrogen (secondary N) is 2. The van der Waals surface area contributed by atoms with E-state index in [-0.39, 0.29) is 12.5 Å². The molecule has 0 saturated heterocycles. The predicted molar refractivity (Wildman–Crippen MR) is 68.5 cm³/mol. The molecular formula is C11H16BrN3O. The summed E-state index contributed by atoms with van der Waals surface area (Å²) in [4.78, 5) is 15.5. The van der Waals surface area contributed by atoms with Crippen LogP contribution in [-0.2, 0) is 4.79 Å². The lowest BCUT2D eigenvalue weighted by Crippen LogP contribution is -2.30. The van der Waals surface area contributed by atoms with Gasteiger partial charge in [0, 0.05) is 12.7 Å². The van der Waals surface area contributed by atoms with E-state index in [1.807, 2.05) is 19.9 Å². The van der Waals surface area contributed by atoms with Crippen molar-refractivity contribution in [3.05, 3.63) is 22.3 Å². The maximum Gasteiger partial charge on any atom is 0.239 e. The molecule has 0 atom stereocenters. The Morgan fingerprint density at radius 2 is 2.31 bits per heavy atom. The smallest absolute Gasteiger partial charge is 0.239 e. The second-order valence-corrected chi connectivity index (χ2v) is 4.40. The molecule has 0 bridgehead atoms. The fraction of sp³-hybridized carbons (Fsp3) is 0.455. The van der Waals surface area contributed by atoms with Gasteiger partial charge < -0.3 is 10.6 Å². The van der Waals surface area contributed by atoms with Crippen LogP contribution in [-0.4, -0.2) is 24.0 Å². The average molecular weight is 286 g/mol. The van der Waals surface area contributed by atoms with E-state index >= 15 is 0 Å². The summed E-state index contributed by atoms with van der Waals surface area (Å²) in [5.41, 5.74) is 1.08. The van der Waals surface area contributed by atoms with Crippen LogP contribution < -0.4 is 10.6 Å². The zero-order valence-corrected chi connectivity index (χ0v) is 11.1. The molecule has 0 fully saturated rings. The van der Waals surface area contributed by atoms with Crippen LogP contribution in [0.25, 0.3) is 0 Å². The van der Waals surface area contributed by atoms with Gasteiger partial charge in [-0.05, 0) is 40.9 Å². The first kappa shape index (κ1) is 13.0. The largest absolute Gasteiger partial charge is 0.360 e. The van der Waals surface area contributed by atoms with E-state index in [0.717, 1.165) is 16.5 Å². The van der Waals surface area contributed by atoms with E-state index in [1.165, 1.54) is 0 Å². The molecule has 5 heteroatoms. The van der Waals surface area contributed by atoms with Crippen LogP contribution >= 0.6 is 15.9 Å². The quantitative estimate of drug-likeness (QED) is 0.871. The summed E-state index contributed by atoms with van der Waals surface area (Å²) in [5.74, 6) is 0.674. The van der Waals surface area contributed by atoms with Crippen molar-refractivity contribution in [3.8, 4) is 0 Å². The van der Waals surface area contributed by atoms with Crippen LogP contribution in [0, 0.1) is 6.92 Å². The monoisotopic (exact) mass is 285 g/mol. The van der Waals surface area contributed by atoms with Crippen molar-refractivity contribution in [2.24, 2.45) is 0 Å². The summed E-state index contributed by atoms with van der Waals surface area (Å²) in [6, 6.07) is 1.96. The number of hydrogen-bond donors (Lipinski definition) is 2. The highest BCUT2D eigenvalue weighted by molar-refractivity contribution is 9.10. The lowest BCUT2D eigenvalue weighted by molar-refractivity contribution is -0.119. The molecule has 1 heterocycles. The lowest BCUT2D eigenvalue weighted by Gasteiger charge is -2.08. The Kier molecular flexibility index (Phi) is 5.25. The van der Waals surface area contributed by atoms with Crippen LogP contribution in [0.5, 0.6) is 0 Å². The Bertz CT molecular complexity index is 368. The molecule has 1 aromatic heterocycles. The number of carbonyl (C=O) groups is 1.